The minimum Gasteiger partial charge on any atom is -0.466 e. The summed E-state index contributed by atoms with van der Waals surface area (Å²) in [5.74, 6) is 1.23. The number of benzene rings is 6. The number of amides is 1. The maximum atomic E-state index is 13.8. The Hall–Kier alpha value is -5.08. The van der Waals surface area contributed by atoms with Crippen LogP contribution in [0.2, 0.25) is 0 Å². The molecule has 0 heterocycles. The first kappa shape index (κ1) is 41.6. The molecule has 0 saturated heterocycles. The fraction of sp³-hybridized carbons (Fsp3) is 0.240. The number of rotatable bonds is 21. The van der Waals surface area contributed by atoms with Crippen LogP contribution in [0.4, 0.5) is 0 Å². The molecular formula is C50H52N2O3S2. The van der Waals surface area contributed by atoms with Gasteiger partial charge in [-0.05, 0) is 53.3 Å². The summed E-state index contributed by atoms with van der Waals surface area (Å²) in [5, 5.41) is 3.24. The van der Waals surface area contributed by atoms with E-state index >= 15 is 0 Å². The van der Waals surface area contributed by atoms with Gasteiger partial charge in [-0.25, -0.2) is 0 Å². The second-order valence-corrected chi connectivity index (χ2v) is 16.4. The zero-order chi connectivity index (χ0) is 39.6. The van der Waals surface area contributed by atoms with E-state index in [0.29, 0.717) is 44.8 Å². The Morgan fingerprint density at radius 3 is 1.23 bits per heavy atom. The molecule has 0 aliphatic rings. The van der Waals surface area contributed by atoms with Crippen molar-refractivity contribution in [2.75, 3.05) is 44.3 Å². The van der Waals surface area contributed by atoms with Gasteiger partial charge in [0.1, 0.15) is 0 Å². The van der Waals surface area contributed by atoms with Crippen LogP contribution in [0.1, 0.15) is 53.1 Å². The Labute approximate surface area is 347 Å². The number of hydrogen-bond acceptors (Lipinski definition) is 6. The maximum absolute atomic E-state index is 13.8. The average molecular weight is 793 g/mol. The van der Waals surface area contributed by atoms with Crippen LogP contribution in [-0.2, 0) is 23.8 Å². The maximum Gasteiger partial charge on any atom is 0.305 e. The van der Waals surface area contributed by atoms with Crippen LogP contribution < -0.4 is 5.32 Å². The highest BCUT2D eigenvalue weighted by Crippen LogP contribution is 2.49. The summed E-state index contributed by atoms with van der Waals surface area (Å²) in [6.45, 7) is 4.22. The Balaban J connectivity index is 1.17. The van der Waals surface area contributed by atoms with Gasteiger partial charge < -0.3 is 10.1 Å². The predicted molar refractivity (Wildman–Crippen MR) is 239 cm³/mol. The predicted octanol–water partition coefficient (Wildman–Crippen LogP) is 10.2. The zero-order valence-electron chi connectivity index (χ0n) is 32.7. The minimum atomic E-state index is -0.456. The number of ether oxygens (including phenoxy) is 1. The standard InChI is InChI=1S/C50H52N2O3S2/c1-2-55-48(54)34-21-36-52(37-39-57-50(44-28-15-6-16-29-44,45-30-17-7-18-31-45)46-32-19-8-20-33-46)40-47(53)51-35-38-56-49(41-22-9-3-10-23-41,42-24-11-4-12-25-42)43-26-13-5-14-27-43/h3-20,22-33H,2,21,34-40H2,1H3,(H,51,53). The van der Waals surface area contributed by atoms with Crippen molar-refractivity contribution in [1.82, 2.24) is 10.2 Å². The third-order valence-electron chi connectivity index (χ3n) is 10.1. The summed E-state index contributed by atoms with van der Waals surface area (Å²) >= 11 is 3.72. The first-order valence-electron chi connectivity index (χ1n) is 19.8. The first-order valence-corrected chi connectivity index (χ1v) is 21.8. The van der Waals surface area contributed by atoms with Gasteiger partial charge in [0.15, 0.2) is 0 Å². The molecule has 0 fully saturated rings. The highest BCUT2D eigenvalue weighted by Gasteiger charge is 2.38. The van der Waals surface area contributed by atoms with E-state index in [-0.39, 0.29) is 18.4 Å². The molecule has 6 aromatic rings. The van der Waals surface area contributed by atoms with Gasteiger partial charge in [-0.2, -0.15) is 0 Å². The number of nitrogens with one attached hydrogen (secondary N) is 1. The van der Waals surface area contributed by atoms with E-state index in [9.17, 15) is 9.59 Å². The van der Waals surface area contributed by atoms with Gasteiger partial charge >= 0.3 is 5.97 Å². The lowest BCUT2D eigenvalue weighted by Crippen LogP contribution is -2.40. The van der Waals surface area contributed by atoms with E-state index in [1.165, 1.54) is 33.4 Å². The molecule has 0 atom stereocenters. The Morgan fingerprint density at radius 2 is 0.877 bits per heavy atom. The normalized spacial score (nSPS) is 11.6. The molecule has 0 aromatic heterocycles. The molecular weight excluding hydrogens is 741 g/mol. The lowest BCUT2D eigenvalue weighted by Gasteiger charge is -2.36. The number of nitrogens with zero attached hydrogens (tertiary/aromatic N) is 1. The molecule has 0 aliphatic carbocycles. The molecule has 57 heavy (non-hydrogen) atoms. The quantitative estimate of drug-likeness (QED) is 0.0445. The molecule has 0 bridgehead atoms. The number of hydrogen-bond donors (Lipinski definition) is 1. The highest BCUT2D eigenvalue weighted by molar-refractivity contribution is 8.00. The summed E-state index contributed by atoms with van der Waals surface area (Å²) in [7, 11) is 0. The summed E-state index contributed by atoms with van der Waals surface area (Å²) in [6.07, 6.45) is 0.930. The van der Waals surface area contributed by atoms with Crippen LogP contribution in [-0.4, -0.2) is 61.1 Å². The number of thioether (sulfide) groups is 2. The summed E-state index contributed by atoms with van der Waals surface area (Å²) in [5.41, 5.74) is 7.20. The van der Waals surface area contributed by atoms with Crippen LogP contribution >= 0.6 is 23.5 Å². The fourth-order valence-corrected chi connectivity index (χ4v) is 10.5. The van der Waals surface area contributed by atoms with Crippen molar-refractivity contribution in [3.05, 3.63) is 215 Å². The molecule has 6 aromatic carbocycles. The summed E-state index contributed by atoms with van der Waals surface area (Å²) in [4.78, 5) is 28.2. The van der Waals surface area contributed by atoms with E-state index in [1.54, 1.807) is 0 Å². The van der Waals surface area contributed by atoms with Crippen LogP contribution in [0.15, 0.2) is 182 Å². The fourth-order valence-electron chi connectivity index (χ4n) is 7.47. The van der Waals surface area contributed by atoms with Crippen LogP contribution in [0.25, 0.3) is 0 Å². The van der Waals surface area contributed by atoms with Crippen molar-refractivity contribution in [1.29, 1.82) is 0 Å². The third kappa shape index (κ3) is 10.7. The van der Waals surface area contributed by atoms with Crippen molar-refractivity contribution >= 4 is 35.4 Å². The largest absolute Gasteiger partial charge is 0.466 e. The Morgan fingerprint density at radius 1 is 0.526 bits per heavy atom. The molecule has 1 amide bonds. The van der Waals surface area contributed by atoms with E-state index in [4.69, 9.17) is 4.74 Å². The molecule has 5 nitrogen and oxygen atoms in total. The average Bonchev–Trinajstić information content (AvgIpc) is 3.27. The van der Waals surface area contributed by atoms with Gasteiger partial charge in [-0.3, -0.25) is 14.5 Å². The molecule has 0 unspecified atom stereocenters. The van der Waals surface area contributed by atoms with Crippen molar-refractivity contribution in [3.63, 3.8) is 0 Å². The number of carbonyl (C=O) groups excluding carboxylic acids is 2. The smallest absolute Gasteiger partial charge is 0.305 e. The van der Waals surface area contributed by atoms with Gasteiger partial charge in [0.2, 0.25) is 5.91 Å². The lowest BCUT2D eigenvalue weighted by molar-refractivity contribution is -0.143. The third-order valence-corrected chi connectivity index (χ3v) is 13.2. The van der Waals surface area contributed by atoms with Gasteiger partial charge in [-0.1, -0.05) is 182 Å². The SMILES string of the molecule is CCOC(=O)CCCN(CCSC(c1ccccc1)(c1ccccc1)c1ccccc1)CC(=O)NCCSC(c1ccccc1)(c1ccccc1)c1ccccc1. The number of carbonyl (C=O) groups is 2. The molecule has 1 N–H and O–H groups in total. The molecule has 0 spiro atoms. The van der Waals surface area contributed by atoms with Crippen molar-refractivity contribution in [2.24, 2.45) is 0 Å². The summed E-state index contributed by atoms with van der Waals surface area (Å²) < 4.78 is 4.32. The Bertz CT molecular complexity index is 1880. The second-order valence-electron chi connectivity index (χ2n) is 13.8. The molecule has 7 heteroatoms. The van der Waals surface area contributed by atoms with Crippen molar-refractivity contribution in [3.8, 4) is 0 Å². The van der Waals surface area contributed by atoms with Gasteiger partial charge in [0.25, 0.3) is 0 Å². The highest BCUT2D eigenvalue weighted by atomic mass is 32.2. The molecule has 292 valence electrons. The number of esters is 1. The van der Waals surface area contributed by atoms with Crippen LogP contribution in [0, 0.1) is 0 Å². The van der Waals surface area contributed by atoms with E-state index < -0.39 is 9.49 Å². The van der Waals surface area contributed by atoms with Gasteiger partial charge in [-0.15, -0.1) is 23.5 Å². The van der Waals surface area contributed by atoms with Crippen molar-refractivity contribution < 1.29 is 14.3 Å². The molecule has 6 rings (SSSR count). The zero-order valence-corrected chi connectivity index (χ0v) is 34.3. The second kappa shape index (κ2) is 21.4. The topological polar surface area (TPSA) is 58.6 Å². The monoisotopic (exact) mass is 792 g/mol. The van der Waals surface area contributed by atoms with Crippen LogP contribution in [0.3, 0.4) is 0 Å². The Kier molecular flexibility index (Phi) is 15.6. The minimum absolute atomic E-state index is 0.0260. The molecule has 0 aliphatic heterocycles. The first-order chi connectivity index (χ1) is 28.1. The van der Waals surface area contributed by atoms with E-state index in [1.807, 2.05) is 30.4 Å². The lowest BCUT2D eigenvalue weighted by atomic mass is 9.84. The van der Waals surface area contributed by atoms with Crippen LogP contribution in [0.5, 0.6) is 0 Å². The van der Waals surface area contributed by atoms with Crippen molar-refractivity contribution in [2.45, 2.75) is 29.3 Å². The van der Waals surface area contributed by atoms with Gasteiger partial charge in [0, 0.05) is 31.0 Å². The van der Waals surface area contributed by atoms with E-state index in [2.05, 4.69) is 192 Å². The van der Waals surface area contributed by atoms with Gasteiger partial charge in [0.05, 0.1) is 22.6 Å². The molecule has 0 saturated carbocycles. The molecule has 0 radical (unpaired) electrons. The summed E-state index contributed by atoms with van der Waals surface area (Å²) in [6, 6.07) is 63.9. The van der Waals surface area contributed by atoms with E-state index in [0.717, 1.165) is 5.75 Å².